The minimum atomic E-state index is -0.337. The van der Waals surface area contributed by atoms with Gasteiger partial charge >= 0.3 is 0 Å². The summed E-state index contributed by atoms with van der Waals surface area (Å²) in [5.74, 6) is 0.943. The predicted molar refractivity (Wildman–Crippen MR) is 106 cm³/mol. The van der Waals surface area contributed by atoms with Gasteiger partial charge in [-0.2, -0.15) is 0 Å². The molecule has 0 spiro atoms. The Bertz CT molecular complexity index is 894. The smallest absolute Gasteiger partial charge is 0.228 e. The number of hydrogen-bond acceptors (Lipinski definition) is 4. The summed E-state index contributed by atoms with van der Waals surface area (Å²) in [4.78, 5) is 28.8. The number of aryl methyl sites for hydroxylation is 1. The van der Waals surface area contributed by atoms with Gasteiger partial charge in [0.25, 0.3) is 0 Å². The van der Waals surface area contributed by atoms with Crippen LogP contribution in [0, 0.1) is 12.8 Å². The van der Waals surface area contributed by atoms with Crippen molar-refractivity contribution < 1.29 is 19.1 Å². The SMILES string of the molecule is Cc1ccc(CN(C)C(=O)C2CC(=O)N(c3ccc4c(c3)OCCO4)C2)cc1. The van der Waals surface area contributed by atoms with Gasteiger partial charge in [-0.1, -0.05) is 29.8 Å². The van der Waals surface area contributed by atoms with Crippen molar-refractivity contribution in [3.05, 3.63) is 53.6 Å². The molecule has 1 atom stereocenters. The lowest BCUT2D eigenvalue weighted by molar-refractivity contribution is -0.135. The first-order valence-electron chi connectivity index (χ1n) is 9.52. The Morgan fingerprint density at radius 1 is 1.11 bits per heavy atom. The first-order valence-corrected chi connectivity index (χ1v) is 9.52. The van der Waals surface area contributed by atoms with Crippen LogP contribution in [-0.2, 0) is 16.1 Å². The molecule has 6 nitrogen and oxygen atoms in total. The number of ether oxygens (including phenoxy) is 2. The molecule has 146 valence electrons. The fourth-order valence-electron chi connectivity index (χ4n) is 3.68. The molecule has 0 bridgehead atoms. The van der Waals surface area contributed by atoms with E-state index in [-0.39, 0.29) is 24.2 Å². The van der Waals surface area contributed by atoms with E-state index in [0.717, 1.165) is 11.3 Å². The number of anilines is 1. The quantitative estimate of drug-likeness (QED) is 0.818. The lowest BCUT2D eigenvalue weighted by atomic mass is 10.1. The maximum absolute atomic E-state index is 12.9. The first kappa shape index (κ1) is 18.3. The molecule has 2 aromatic rings. The molecule has 1 saturated heterocycles. The molecule has 0 saturated carbocycles. The summed E-state index contributed by atoms with van der Waals surface area (Å²) >= 11 is 0. The van der Waals surface area contributed by atoms with E-state index in [1.807, 2.05) is 49.4 Å². The molecule has 2 aliphatic heterocycles. The fraction of sp³-hybridized carbons (Fsp3) is 0.364. The number of carbonyl (C=O) groups excluding carboxylic acids is 2. The van der Waals surface area contributed by atoms with Gasteiger partial charge in [0.05, 0.1) is 5.92 Å². The van der Waals surface area contributed by atoms with E-state index < -0.39 is 0 Å². The van der Waals surface area contributed by atoms with Gasteiger partial charge < -0.3 is 19.3 Å². The van der Waals surface area contributed by atoms with Gasteiger partial charge in [-0.15, -0.1) is 0 Å². The van der Waals surface area contributed by atoms with Crippen LogP contribution >= 0.6 is 0 Å². The van der Waals surface area contributed by atoms with Crippen LogP contribution in [0.1, 0.15) is 17.5 Å². The van der Waals surface area contributed by atoms with E-state index >= 15 is 0 Å². The Morgan fingerprint density at radius 2 is 1.82 bits per heavy atom. The third-order valence-corrected chi connectivity index (χ3v) is 5.23. The van der Waals surface area contributed by atoms with Crippen LogP contribution in [0.4, 0.5) is 5.69 Å². The molecule has 0 radical (unpaired) electrons. The van der Waals surface area contributed by atoms with Crippen molar-refractivity contribution >= 4 is 17.5 Å². The third-order valence-electron chi connectivity index (χ3n) is 5.23. The largest absolute Gasteiger partial charge is 0.486 e. The highest BCUT2D eigenvalue weighted by molar-refractivity contribution is 6.00. The number of hydrogen-bond donors (Lipinski definition) is 0. The summed E-state index contributed by atoms with van der Waals surface area (Å²) in [6.07, 6.45) is 0.228. The Labute approximate surface area is 164 Å². The molecule has 2 aliphatic rings. The van der Waals surface area contributed by atoms with Crippen LogP contribution < -0.4 is 14.4 Å². The maximum Gasteiger partial charge on any atom is 0.228 e. The zero-order chi connectivity index (χ0) is 19.7. The number of carbonyl (C=O) groups is 2. The number of rotatable bonds is 4. The molecule has 4 rings (SSSR count). The van der Waals surface area contributed by atoms with E-state index in [9.17, 15) is 9.59 Å². The van der Waals surface area contributed by atoms with E-state index in [1.165, 1.54) is 5.56 Å². The number of amides is 2. The lowest BCUT2D eigenvalue weighted by Gasteiger charge is -2.23. The molecule has 2 heterocycles. The Morgan fingerprint density at radius 3 is 2.57 bits per heavy atom. The summed E-state index contributed by atoms with van der Waals surface area (Å²) in [7, 11) is 1.79. The van der Waals surface area contributed by atoms with Gasteiger partial charge in [0.1, 0.15) is 13.2 Å². The molecule has 2 aromatic carbocycles. The van der Waals surface area contributed by atoms with Crippen molar-refractivity contribution in [2.45, 2.75) is 19.9 Å². The molecule has 0 aromatic heterocycles. The highest BCUT2D eigenvalue weighted by atomic mass is 16.6. The normalized spacial score (nSPS) is 18.3. The summed E-state index contributed by atoms with van der Waals surface area (Å²) in [5.41, 5.74) is 3.01. The van der Waals surface area contributed by atoms with Crippen LogP contribution in [0.5, 0.6) is 11.5 Å². The second kappa shape index (κ2) is 7.54. The fourth-order valence-corrected chi connectivity index (χ4v) is 3.68. The summed E-state index contributed by atoms with van der Waals surface area (Å²) in [6, 6.07) is 13.6. The summed E-state index contributed by atoms with van der Waals surface area (Å²) in [6.45, 7) is 3.98. The predicted octanol–water partition coefficient (Wildman–Crippen LogP) is 2.78. The summed E-state index contributed by atoms with van der Waals surface area (Å²) < 4.78 is 11.1. The van der Waals surface area contributed by atoms with Crippen molar-refractivity contribution in [1.82, 2.24) is 4.90 Å². The molecule has 0 N–H and O–H groups in total. The molecule has 6 heteroatoms. The van der Waals surface area contributed by atoms with Crippen LogP contribution in [-0.4, -0.2) is 43.5 Å². The van der Waals surface area contributed by atoms with E-state index in [0.29, 0.717) is 37.8 Å². The molecular weight excluding hydrogens is 356 g/mol. The summed E-state index contributed by atoms with van der Waals surface area (Å²) in [5, 5.41) is 0. The Balaban J connectivity index is 1.43. The van der Waals surface area contributed by atoms with Crippen LogP contribution in [0.25, 0.3) is 0 Å². The van der Waals surface area contributed by atoms with Crippen molar-refractivity contribution in [2.75, 3.05) is 31.7 Å². The van der Waals surface area contributed by atoms with Crippen molar-refractivity contribution in [2.24, 2.45) is 5.92 Å². The minimum Gasteiger partial charge on any atom is -0.486 e. The average Bonchev–Trinajstić information content (AvgIpc) is 3.10. The van der Waals surface area contributed by atoms with Crippen molar-refractivity contribution in [3.8, 4) is 11.5 Å². The van der Waals surface area contributed by atoms with Crippen molar-refractivity contribution in [1.29, 1.82) is 0 Å². The molecule has 1 unspecified atom stereocenters. The minimum absolute atomic E-state index is 0.00558. The highest BCUT2D eigenvalue weighted by Gasteiger charge is 2.36. The van der Waals surface area contributed by atoms with Crippen LogP contribution in [0.2, 0.25) is 0 Å². The zero-order valence-corrected chi connectivity index (χ0v) is 16.2. The monoisotopic (exact) mass is 380 g/mol. The van der Waals surface area contributed by atoms with E-state index in [2.05, 4.69) is 0 Å². The standard InChI is InChI=1S/C22H24N2O4/c1-15-3-5-16(6-4-15)13-23(2)22(26)17-11-21(25)24(14-17)18-7-8-19-20(12-18)28-10-9-27-19/h3-8,12,17H,9-11,13-14H2,1-2H3. The van der Waals surface area contributed by atoms with Gasteiger partial charge in [0.2, 0.25) is 11.8 Å². The second-order valence-corrected chi connectivity index (χ2v) is 7.41. The molecular formula is C22H24N2O4. The first-order chi connectivity index (χ1) is 13.5. The van der Waals surface area contributed by atoms with Gasteiger partial charge in [-0.25, -0.2) is 0 Å². The van der Waals surface area contributed by atoms with Gasteiger partial charge in [0.15, 0.2) is 11.5 Å². The average molecular weight is 380 g/mol. The van der Waals surface area contributed by atoms with E-state index in [1.54, 1.807) is 16.8 Å². The van der Waals surface area contributed by atoms with Crippen LogP contribution in [0.3, 0.4) is 0 Å². The maximum atomic E-state index is 12.9. The molecule has 1 fully saturated rings. The van der Waals surface area contributed by atoms with Crippen molar-refractivity contribution in [3.63, 3.8) is 0 Å². The Hall–Kier alpha value is -3.02. The zero-order valence-electron chi connectivity index (χ0n) is 16.2. The Kier molecular flexibility index (Phi) is 4.94. The molecule has 2 amide bonds. The van der Waals surface area contributed by atoms with E-state index in [4.69, 9.17) is 9.47 Å². The second-order valence-electron chi connectivity index (χ2n) is 7.41. The number of benzene rings is 2. The number of fused-ring (bicyclic) bond motifs is 1. The molecule has 0 aliphatic carbocycles. The van der Waals surface area contributed by atoms with Crippen LogP contribution in [0.15, 0.2) is 42.5 Å². The van der Waals surface area contributed by atoms with Gasteiger partial charge in [0, 0.05) is 38.3 Å². The van der Waals surface area contributed by atoms with Gasteiger partial charge in [-0.05, 0) is 24.6 Å². The molecule has 28 heavy (non-hydrogen) atoms. The topological polar surface area (TPSA) is 59.1 Å². The third kappa shape index (κ3) is 3.67. The van der Waals surface area contributed by atoms with Gasteiger partial charge in [-0.3, -0.25) is 9.59 Å². The lowest BCUT2D eigenvalue weighted by Crippen LogP contribution is -2.34. The highest BCUT2D eigenvalue weighted by Crippen LogP contribution is 2.36. The number of nitrogens with zero attached hydrogens (tertiary/aromatic N) is 2.